The van der Waals surface area contributed by atoms with Crippen molar-refractivity contribution in [1.82, 2.24) is 0 Å². The average molecular weight is 232 g/mol. The van der Waals surface area contributed by atoms with Crippen LogP contribution in [0.5, 0.6) is 0 Å². The van der Waals surface area contributed by atoms with E-state index in [2.05, 4.69) is 19.6 Å². The molecule has 0 spiro atoms. The number of ether oxygens (including phenoxy) is 1. The maximum atomic E-state index is 11.8. The van der Waals surface area contributed by atoms with Crippen LogP contribution >= 0.6 is 0 Å². The molecule has 2 nitrogen and oxygen atoms in total. The van der Waals surface area contributed by atoms with Gasteiger partial charge in [-0.25, -0.2) is 0 Å². The summed E-state index contributed by atoms with van der Waals surface area (Å²) in [6, 6.07) is 1.14. The van der Waals surface area contributed by atoms with Crippen molar-refractivity contribution in [1.29, 1.82) is 0 Å². The fourth-order valence-corrected chi connectivity index (χ4v) is 5.24. The van der Waals surface area contributed by atoms with Gasteiger partial charge in [0, 0.05) is 13.8 Å². The Balaban J connectivity index is 2.38. The Morgan fingerprint density at radius 3 is 2.71 bits per heavy atom. The van der Waals surface area contributed by atoms with E-state index in [4.69, 9.17) is 4.74 Å². The second kappa shape index (κ2) is 5.12. The minimum absolute atomic E-state index is 0.782. The van der Waals surface area contributed by atoms with Crippen LogP contribution in [0.1, 0.15) is 12.8 Å². The quantitative estimate of drug-likeness (QED) is 0.697. The van der Waals surface area contributed by atoms with E-state index >= 15 is 0 Å². The van der Waals surface area contributed by atoms with Gasteiger partial charge < -0.3 is 4.74 Å². The van der Waals surface area contributed by atoms with Crippen molar-refractivity contribution < 1.29 is 8.95 Å². The van der Waals surface area contributed by atoms with Gasteiger partial charge in [0.05, 0.1) is 28.6 Å². The summed E-state index contributed by atoms with van der Waals surface area (Å²) < 4.78 is 17.0. The summed E-state index contributed by atoms with van der Waals surface area (Å²) in [7, 11) is -1.83. The number of hydrogen-bond acceptors (Lipinski definition) is 2. The topological polar surface area (TPSA) is 26.3 Å². The van der Waals surface area contributed by atoms with Crippen molar-refractivity contribution in [3.05, 3.63) is 11.2 Å². The molecule has 1 unspecified atom stereocenters. The van der Waals surface area contributed by atoms with E-state index in [1.54, 1.807) is 6.26 Å². The molecule has 1 atom stereocenters. The molecule has 0 aliphatic carbocycles. The highest BCUT2D eigenvalue weighted by Gasteiger charge is 2.17. The van der Waals surface area contributed by atoms with Crippen LogP contribution in [-0.2, 0) is 15.5 Å². The highest BCUT2D eigenvalue weighted by atomic mass is 32.2. The van der Waals surface area contributed by atoms with E-state index in [0.29, 0.717) is 0 Å². The van der Waals surface area contributed by atoms with Crippen molar-refractivity contribution in [2.75, 3.05) is 12.4 Å². The number of allylic oxidation sites excluding steroid dienone is 1. The molecular formula is C10H20O2SSi. The molecule has 1 rings (SSSR count). The molecule has 14 heavy (non-hydrogen) atoms. The molecule has 0 N–H and O–H groups in total. The Morgan fingerprint density at radius 1 is 1.50 bits per heavy atom. The smallest absolute Gasteiger partial charge is 0.0949 e. The Morgan fingerprint density at radius 2 is 2.21 bits per heavy atom. The standard InChI is InChI=1S/C10H20O2SSi/c1-14(2,3)8-7-13(11)10-5-4-6-12-9-10/h9H,4-8H2,1-3H3. The van der Waals surface area contributed by atoms with Gasteiger partial charge in [0.1, 0.15) is 0 Å². The Kier molecular flexibility index (Phi) is 4.38. The van der Waals surface area contributed by atoms with Crippen molar-refractivity contribution >= 4 is 18.9 Å². The molecule has 0 bridgehead atoms. The lowest BCUT2D eigenvalue weighted by Gasteiger charge is -2.17. The van der Waals surface area contributed by atoms with E-state index < -0.39 is 18.9 Å². The molecule has 82 valence electrons. The molecule has 1 aliphatic heterocycles. The van der Waals surface area contributed by atoms with Crippen LogP contribution in [0.2, 0.25) is 25.7 Å². The molecule has 0 saturated heterocycles. The molecule has 1 aliphatic rings. The second-order valence-corrected chi connectivity index (χ2v) is 12.2. The molecule has 0 aromatic heterocycles. The monoisotopic (exact) mass is 232 g/mol. The maximum Gasteiger partial charge on any atom is 0.0949 e. The van der Waals surface area contributed by atoms with Crippen LogP contribution in [0.3, 0.4) is 0 Å². The van der Waals surface area contributed by atoms with Gasteiger partial charge in [-0.15, -0.1) is 0 Å². The fourth-order valence-electron chi connectivity index (χ4n) is 1.24. The largest absolute Gasteiger partial charge is 0.500 e. The van der Waals surface area contributed by atoms with Gasteiger partial charge in [-0.1, -0.05) is 19.6 Å². The van der Waals surface area contributed by atoms with Gasteiger partial charge in [-0.05, 0) is 18.9 Å². The van der Waals surface area contributed by atoms with Gasteiger partial charge in [-0.2, -0.15) is 0 Å². The van der Waals surface area contributed by atoms with E-state index in [9.17, 15) is 4.21 Å². The van der Waals surface area contributed by atoms with Crippen LogP contribution < -0.4 is 0 Å². The minimum atomic E-state index is -1.04. The van der Waals surface area contributed by atoms with Crippen LogP contribution in [0.25, 0.3) is 0 Å². The van der Waals surface area contributed by atoms with Gasteiger partial charge in [-0.3, -0.25) is 4.21 Å². The zero-order valence-corrected chi connectivity index (χ0v) is 11.2. The average Bonchev–Trinajstić information content (AvgIpc) is 2.14. The first-order valence-electron chi connectivity index (χ1n) is 5.18. The first kappa shape index (κ1) is 12.0. The highest BCUT2D eigenvalue weighted by molar-refractivity contribution is 7.89. The van der Waals surface area contributed by atoms with E-state index in [1.807, 2.05) is 0 Å². The number of rotatable bonds is 4. The van der Waals surface area contributed by atoms with Gasteiger partial charge in [0.25, 0.3) is 0 Å². The van der Waals surface area contributed by atoms with Crippen LogP contribution in [0.15, 0.2) is 11.2 Å². The molecule has 0 fully saturated rings. The molecule has 1 heterocycles. The highest BCUT2D eigenvalue weighted by Crippen LogP contribution is 2.18. The number of hydrogen-bond donors (Lipinski definition) is 0. The third kappa shape index (κ3) is 4.42. The van der Waals surface area contributed by atoms with Gasteiger partial charge in [0.15, 0.2) is 0 Å². The van der Waals surface area contributed by atoms with Crippen molar-refractivity contribution in [2.45, 2.75) is 38.5 Å². The molecule has 0 aromatic rings. The van der Waals surface area contributed by atoms with Crippen molar-refractivity contribution in [3.63, 3.8) is 0 Å². The lowest BCUT2D eigenvalue weighted by molar-refractivity contribution is 0.229. The summed E-state index contributed by atoms with van der Waals surface area (Å²) in [5.41, 5.74) is 0. The van der Waals surface area contributed by atoms with Crippen LogP contribution in [0, 0.1) is 0 Å². The molecule has 0 aromatic carbocycles. The predicted octanol–water partition coefficient (Wildman–Crippen LogP) is 2.73. The van der Waals surface area contributed by atoms with Crippen molar-refractivity contribution in [2.24, 2.45) is 0 Å². The Hall–Kier alpha value is -0.0931. The predicted molar refractivity (Wildman–Crippen MR) is 64.4 cm³/mol. The summed E-state index contributed by atoms with van der Waals surface area (Å²) in [6.45, 7) is 7.73. The third-order valence-corrected chi connectivity index (χ3v) is 5.80. The molecular weight excluding hydrogens is 212 g/mol. The molecule has 4 heteroatoms. The van der Waals surface area contributed by atoms with E-state index in [1.165, 1.54) is 0 Å². The lowest BCUT2D eigenvalue weighted by Crippen LogP contribution is -2.22. The normalized spacial score (nSPS) is 19.8. The van der Waals surface area contributed by atoms with E-state index in [0.717, 1.165) is 36.2 Å². The van der Waals surface area contributed by atoms with E-state index in [-0.39, 0.29) is 0 Å². The summed E-state index contributed by atoms with van der Waals surface area (Å²) in [5.74, 6) is 0.824. The van der Waals surface area contributed by atoms with Gasteiger partial charge in [0.2, 0.25) is 0 Å². The summed E-state index contributed by atoms with van der Waals surface area (Å²) in [5, 5.41) is 0. The summed E-state index contributed by atoms with van der Waals surface area (Å²) in [6.07, 6.45) is 3.69. The zero-order chi connectivity index (χ0) is 10.6. The third-order valence-electron chi connectivity index (χ3n) is 2.23. The van der Waals surface area contributed by atoms with Crippen LogP contribution in [0.4, 0.5) is 0 Å². The zero-order valence-electron chi connectivity index (χ0n) is 9.34. The Labute approximate surface area is 90.2 Å². The fraction of sp³-hybridized carbons (Fsp3) is 0.800. The Bertz CT molecular complexity index is 243. The second-order valence-electron chi connectivity index (χ2n) is 4.92. The SMILES string of the molecule is C[Si](C)(C)CCS(=O)C1=COCCC1. The maximum absolute atomic E-state index is 11.8. The summed E-state index contributed by atoms with van der Waals surface area (Å²) >= 11 is 0. The first-order valence-corrected chi connectivity index (χ1v) is 10.2. The lowest BCUT2D eigenvalue weighted by atomic mass is 10.3. The van der Waals surface area contributed by atoms with Crippen LogP contribution in [-0.4, -0.2) is 24.6 Å². The van der Waals surface area contributed by atoms with Gasteiger partial charge >= 0.3 is 0 Å². The molecule has 0 amide bonds. The summed E-state index contributed by atoms with van der Waals surface area (Å²) in [4.78, 5) is 1.01. The molecule has 0 radical (unpaired) electrons. The first-order chi connectivity index (χ1) is 6.49. The molecule has 0 saturated carbocycles. The minimum Gasteiger partial charge on any atom is -0.500 e. The van der Waals surface area contributed by atoms with Crippen molar-refractivity contribution in [3.8, 4) is 0 Å².